The van der Waals surface area contributed by atoms with Gasteiger partial charge in [0.1, 0.15) is 18.1 Å². The molecule has 0 radical (unpaired) electrons. The zero-order valence-electron chi connectivity index (χ0n) is 21.4. The van der Waals surface area contributed by atoms with Crippen LogP contribution in [0.1, 0.15) is 26.5 Å². The smallest absolute Gasteiger partial charge is 0.320 e. The molecule has 1 aromatic rings. The molecule has 3 atom stereocenters. The van der Waals surface area contributed by atoms with Crippen LogP contribution in [0.5, 0.6) is 0 Å². The van der Waals surface area contributed by atoms with Crippen molar-refractivity contribution in [3.05, 3.63) is 34.1 Å². The second-order valence-corrected chi connectivity index (χ2v) is 9.19. The molecule has 3 N–H and O–H groups in total. The van der Waals surface area contributed by atoms with Crippen LogP contribution < -0.4 is 0 Å². The summed E-state index contributed by atoms with van der Waals surface area (Å²) in [7, 11) is 0. The minimum absolute atomic E-state index is 0.0887. The molecule has 14 heteroatoms. The lowest BCUT2D eigenvalue weighted by molar-refractivity contribution is -0.385. The van der Waals surface area contributed by atoms with Crippen LogP contribution in [0.3, 0.4) is 0 Å². The maximum atomic E-state index is 11.8. The number of pyridine rings is 1. The molecule has 0 spiro atoms. The number of aromatic nitrogens is 1. The fourth-order valence-electron chi connectivity index (χ4n) is 4.18. The van der Waals surface area contributed by atoms with Gasteiger partial charge in [-0.2, -0.15) is 0 Å². The van der Waals surface area contributed by atoms with E-state index in [-0.39, 0.29) is 25.3 Å². The fraction of sp³-hybridized carbons (Fsp3) is 0.652. The third-order valence-electron chi connectivity index (χ3n) is 6.87. The minimum Gasteiger partial charge on any atom is -0.480 e. The van der Waals surface area contributed by atoms with Gasteiger partial charge in [-0.3, -0.25) is 49.1 Å². The first-order valence-electron chi connectivity index (χ1n) is 12.1. The Hall–Kier alpha value is -3.20. The van der Waals surface area contributed by atoms with E-state index in [1.165, 1.54) is 18.3 Å². The second-order valence-electron chi connectivity index (χ2n) is 9.19. The number of carbonyl (C=O) groups is 3. The number of nitro groups is 1. The number of hydrogen-bond acceptors (Lipinski definition) is 10. The Balaban J connectivity index is 2.33. The molecule has 1 fully saturated rings. The highest BCUT2D eigenvalue weighted by Gasteiger charge is 2.28. The summed E-state index contributed by atoms with van der Waals surface area (Å²) >= 11 is 0. The largest absolute Gasteiger partial charge is 0.480 e. The maximum Gasteiger partial charge on any atom is 0.320 e. The predicted molar refractivity (Wildman–Crippen MR) is 132 cm³/mol. The highest BCUT2D eigenvalue weighted by atomic mass is 16.6. The van der Waals surface area contributed by atoms with Crippen LogP contribution in [-0.2, 0) is 20.9 Å². The topological polar surface area (TPSA) is 181 Å². The van der Waals surface area contributed by atoms with E-state index in [0.29, 0.717) is 45.0 Å². The number of aliphatic carboxylic acids is 3. The van der Waals surface area contributed by atoms with Crippen LogP contribution >= 0.6 is 0 Å². The summed E-state index contributed by atoms with van der Waals surface area (Å²) in [6.07, 6.45) is 1.36. The molecule has 0 saturated carbocycles. The van der Waals surface area contributed by atoms with Crippen molar-refractivity contribution >= 4 is 23.6 Å². The molecule has 1 aliphatic heterocycles. The van der Waals surface area contributed by atoms with E-state index in [0.717, 1.165) is 0 Å². The Labute approximate surface area is 215 Å². The van der Waals surface area contributed by atoms with Crippen molar-refractivity contribution in [3.8, 4) is 0 Å². The van der Waals surface area contributed by atoms with E-state index >= 15 is 0 Å². The van der Waals surface area contributed by atoms with Crippen molar-refractivity contribution in [1.82, 2.24) is 24.6 Å². The van der Waals surface area contributed by atoms with E-state index in [1.807, 2.05) is 4.90 Å². The highest BCUT2D eigenvalue weighted by molar-refractivity contribution is 5.73. The molecule has 37 heavy (non-hydrogen) atoms. The van der Waals surface area contributed by atoms with Gasteiger partial charge in [-0.15, -0.1) is 0 Å². The van der Waals surface area contributed by atoms with E-state index < -0.39 is 41.0 Å². The molecular weight excluding hydrogens is 488 g/mol. The van der Waals surface area contributed by atoms with Crippen molar-refractivity contribution in [2.45, 2.75) is 45.4 Å². The van der Waals surface area contributed by atoms with Gasteiger partial charge in [-0.1, -0.05) is 0 Å². The SMILES string of the molecule is CC(C(=O)O)N1CCN(Cc2cc([N+](=O)[O-])ccn2)CCN(C(C)C(=O)O)CCN(C(C)C(=O)O)CC1. The molecule has 0 aliphatic carbocycles. The van der Waals surface area contributed by atoms with E-state index in [4.69, 9.17) is 0 Å². The Kier molecular flexibility index (Phi) is 11.3. The number of carboxylic acids is 3. The lowest BCUT2D eigenvalue weighted by atomic mass is 10.2. The predicted octanol–water partition coefficient (Wildman–Crippen LogP) is 0.131. The quantitative estimate of drug-likeness (QED) is 0.293. The third kappa shape index (κ3) is 9.00. The monoisotopic (exact) mass is 524 g/mol. The summed E-state index contributed by atoms with van der Waals surface area (Å²) in [6.45, 7) is 7.58. The van der Waals surface area contributed by atoms with Crippen molar-refractivity contribution in [3.63, 3.8) is 0 Å². The zero-order valence-corrected chi connectivity index (χ0v) is 21.4. The fourth-order valence-corrected chi connectivity index (χ4v) is 4.18. The molecule has 2 rings (SSSR count). The van der Waals surface area contributed by atoms with E-state index in [1.54, 1.807) is 35.5 Å². The molecule has 3 unspecified atom stereocenters. The molecule has 2 heterocycles. The molecule has 0 aromatic carbocycles. The zero-order chi connectivity index (χ0) is 27.7. The van der Waals surface area contributed by atoms with Crippen LogP contribution in [0.2, 0.25) is 0 Å². The molecule has 1 aliphatic rings. The highest BCUT2D eigenvalue weighted by Crippen LogP contribution is 2.14. The summed E-state index contributed by atoms with van der Waals surface area (Å²) < 4.78 is 0. The van der Waals surface area contributed by atoms with Crippen LogP contribution in [0, 0.1) is 10.1 Å². The number of hydrogen-bond donors (Lipinski definition) is 3. The van der Waals surface area contributed by atoms with Gasteiger partial charge in [0.25, 0.3) is 5.69 Å². The lowest BCUT2D eigenvalue weighted by Gasteiger charge is -2.37. The Morgan fingerprint density at radius 2 is 1.22 bits per heavy atom. The molecule has 0 bridgehead atoms. The van der Waals surface area contributed by atoms with Crippen LogP contribution in [-0.4, -0.2) is 133 Å². The summed E-state index contributed by atoms with van der Waals surface area (Å²) in [5.74, 6) is -3.02. The summed E-state index contributed by atoms with van der Waals surface area (Å²) in [5.41, 5.74) is 0.382. The number of rotatable bonds is 9. The van der Waals surface area contributed by atoms with Gasteiger partial charge in [0, 0.05) is 77.2 Å². The first-order valence-corrected chi connectivity index (χ1v) is 12.1. The lowest BCUT2D eigenvalue weighted by Crippen LogP contribution is -2.53. The molecule has 14 nitrogen and oxygen atoms in total. The van der Waals surface area contributed by atoms with Crippen molar-refractivity contribution in [1.29, 1.82) is 0 Å². The first kappa shape index (κ1) is 30.0. The summed E-state index contributed by atoms with van der Waals surface area (Å²) in [5, 5.41) is 40.0. The summed E-state index contributed by atoms with van der Waals surface area (Å²) in [6, 6.07) is 0.230. The normalized spacial score (nSPS) is 20.2. The average Bonchev–Trinajstić information content (AvgIpc) is 2.84. The molecule has 0 amide bonds. The van der Waals surface area contributed by atoms with Crippen LogP contribution in [0.25, 0.3) is 0 Å². The maximum absolute atomic E-state index is 11.8. The van der Waals surface area contributed by atoms with Gasteiger partial charge in [0.05, 0.1) is 10.6 Å². The van der Waals surface area contributed by atoms with Gasteiger partial charge in [0.15, 0.2) is 0 Å². The minimum atomic E-state index is -1.02. The van der Waals surface area contributed by atoms with Crippen molar-refractivity contribution < 1.29 is 34.6 Å². The Morgan fingerprint density at radius 3 is 1.57 bits per heavy atom. The number of carboxylic acid groups (broad SMARTS) is 3. The van der Waals surface area contributed by atoms with Gasteiger partial charge in [-0.05, 0) is 20.8 Å². The molecular formula is C23H36N6O8. The van der Waals surface area contributed by atoms with Crippen LogP contribution in [0.15, 0.2) is 18.3 Å². The standard InChI is InChI=1S/C23H36N6O8/c1-16(21(30)31)26-8-6-25(15-19-14-20(29(36)37)4-5-24-19)7-9-27(17(2)22(32)33)11-13-28(12-10-26)18(3)23(34)35/h4-5,14,16-18H,6-13,15H2,1-3H3,(H,30,31)(H,32,33)(H,34,35). The molecule has 1 aromatic heterocycles. The van der Waals surface area contributed by atoms with Gasteiger partial charge < -0.3 is 15.3 Å². The van der Waals surface area contributed by atoms with Gasteiger partial charge in [-0.25, -0.2) is 0 Å². The van der Waals surface area contributed by atoms with E-state index in [2.05, 4.69) is 4.98 Å². The van der Waals surface area contributed by atoms with Crippen molar-refractivity contribution in [2.24, 2.45) is 0 Å². The van der Waals surface area contributed by atoms with Crippen molar-refractivity contribution in [2.75, 3.05) is 52.4 Å². The molecule has 206 valence electrons. The second kappa shape index (κ2) is 13.9. The first-order chi connectivity index (χ1) is 17.4. The number of nitrogens with zero attached hydrogens (tertiary/aromatic N) is 6. The average molecular weight is 525 g/mol. The van der Waals surface area contributed by atoms with Crippen LogP contribution in [0.4, 0.5) is 5.69 Å². The molecule has 1 saturated heterocycles. The van der Waals surface area contributed by atoms with Gasteiger partial charge >= 0.3 is 17.9 Å². The Morgan fingerprint density at radius 1 is 0.838 bits per heavy atom. The van der Waals surface area contributed by atoms with E-state index in [9.17, 15) is 39.8 Å². The van der Waals surface area contributed by atoms with Gasteiger partial charge in [0.2, 0.25) is 0 Å². The Bertz CT molecular complexity index is 927. The third-order valence-corrected chi connectivity index (χ3v) is 6.87. The summed E-state index contributed by atoms with van der Waals surface area (Å²) in [4.78, 5) is 57.3.